The number of aromatic nitrogens is 1. The summed E-state index contributed by atoms with van der Waals surface area (Å²) in [7, 11) is 0. The van der Waals surface area contributed by atoms with Crippen LogP contribution in [0.25, 0.3) is 0 Å². The number of carbonyl (C=O) groups is 1. The Morgan fingerprint density at radius 3 is 2.75 bits per heavy atom. The van der Waals surface area contributed by atoms with Crippen LogP contribution in [0.5, 0.6) is 5.75 Å². The summed E-state index contributed by atoms with van der Waals surface area (Å²) in [5.41, 5.74) is 1.82. The van der Waals surface area contributed by atoms with Crippen LogP contribution in [0.1, 0.15) is 36.6 Å². The first kappa shape index (κ1) is 16.5. The number of aliphatic hydroxyl groups is 1. The zero-order valence-corrected chi connectivity index (χ0v) is 13.7. The van der Waals surface area contributed by atoms with E-state index in [1.807, 2.05) is 25.1 Å². The fraction of sp³-hybridized carbons (Fsp3) is 0.368. The second kappa shape index (κ2) is 7.45. The van der Waals surface area contributed by atoms with Crippen molar-refractivity contribution < 1.29 is 14.6 Å². The van der Waals surface area contributed by atoms with Crippen molar-refractivity contribution in [3.8, 4) is 5.75 Å². The third-order valence-electron chi connectivity index (χ3n) is 4.28. The van der Waals surface area contributed by atoms with E-state index in [0.717, 1.165) is 6.42 Å². The standard InChI is InChI=1S/C19H22N2O3/c1-2-24-14-8-9-17(20-11-14)18(12-22)21-19(23)16-10-15(16)13-6-4-3-5-7-13/h3-9,11,15-16,18,22H,2,10,12H2,1H3,(H,21,23)/t15-,16+,18+/m1/s1. The summed E-state index contributed by atoms with van der Waals surface area (Å²) in [6.07, 6.45) is 2.46. The van der Waals surface area contributed by atoms with Crippen LogP contribution in [-0.2, 0) is 4.79 Å². The van der Waals surface area contributed by atoms with Crippen LogP contribution in [0.2, 0.25) is 0 Å². The van der Waals surface area contributed by atoms with Gasteiger partial charge in [-0.05, 0) is 37.0 Å². The summed E-state index contributed by atoms with van der Waals surface area (Å²) in [6.45, 7) is 2.29. The van der Waals surface area contributed by atoms with Gasteiger partial charge in [-0.3, -0.25) is 9.78 Å². The molecule has 3 atom stereocenters. The lowest BCUT2D eigenvalue weighted by Gasteiger charge is -2.16. The molecule has 0 unspecified atom stereocenters. The van der Waals surface area contributed by atoms with Gasteiger partial charge in [-0.25, -0.2) is 0 Å². The van der Waals surface area contributed by atoms with E-state index in [0.29, 0.717) is 18.1 Å². The molecule has 1 aliphatic carbocycles. The number of nitrogens with one attached hydrogen (secondary N) is 1. The van der Waals surface area contributed by atoms with E-state index in [1.165, 1.54) is 5.56 Å². The van der Waals surface area contributed by atoms with Gasteiger partial charge in [0.25, 0.3) is 0 Å². The third kappa shape index (κ3) is 3.74. The van der Waals surface area contributed by atoms with Crippen LogP contribution in [-0.4, -0.2) is 29.2 Å². The lowest BCUT2D eigenvalue weighted by Crippen LogP contribution is -2.32. The Kier molecular flexibility index (Phi) is 5.11. The summed E-state index contributed by atoms with van der Waals surface area (Å²) < 4.78 is 5.35. The molecule has 0 radical (unpaired) electrons. The largest absolute Gasteiger partial charge is 0.492 e. The number of pyridine rings is 1. The molecule has 5 nitrogen and oxygen atoms in total. The molecule has 0 saturated heterocycles. The van der Waals surface area contributed by atoms with Crippen LogP contribution in [0.4, 0.5) is 0 Å². The van der Waals surface area contributed by atoms with Crippen molar-refractivity contribution in [3.05, 3.63) is 59.9 Å². The Morgan fingerprint density at radius 1 is 1.33 bits per heavy atom. The van der Waals surface area contributed by atoms with Gasteiger partial charge in [-0.1, -0.05) is 30.3 Å². The molecular weight excluding hydrogens is 304 g/mol. The number of ether oxygens (including phenoxy) is 1. The van der Waals surface area contributed by atoms with Crippen molar-refractivity contribution in [2.75, 3.05) is 13.2 Å². The van der Waals surface area contributed by atoms with Gasteiger partial charge in [-0.15, -0.1) is 0 Å². The quantitative estimate of drug-likeness (QED) is 0.820. The summed E-state index contributed by atoms with van der Waals surface area (Å²) >= 11 is 0. The zero-order chi connectivity index (χ0) is 16.9. The first-order valence-electron chi connectivity index (χ1n) is 8.27. The van der Waals surface area contributed by atoms with Crippen molar-refractivity contribution in [1.29, 1.82) is 0 Å². The summed E-state index contributed by atoms with van der Waals surface area (Å²) in [4.78, 5) is 16.7. The number of hydrogen-bond donors (Lipinski definition) is 2. The topological polar surface area (TPSA) is 71.5 Å². The number of rotatable bonds is 7. The number of hydrogen-bond acceptors (Lipinski definition) is 4. The molecule has 3 rings (SSSR count). The average molecular weight is 326 g/mol. The van der Waals surface area contributed by atoms with E-state index in [-0.39, 0.29) is 24.3 Å². The summed E-state index contributed by atoms with van der Waals surface area (Å²) in [6, 6.07) is 13.1. The van der Waals surface area contributed by atoms with Crippen LogP contribution in [0, 0.1) is 5.92 Å². The Balaban J connectivity index is 1.60. The molecule has 0 bridgehead atoms. The summed E-state index contributed by atoms with van der Waals surface area (Å²) in [5.74, 6) is 0.900. The molecule has 2 aromatic rings. The number of amides is 1. The normalized spacial score (nSPS) is 20.2. The van der Waals surface area contributed by atoms with Gasteiger partial charge in [0.1, 0.15) is 5.75 Å². The molecule has 0 spiro atoms. The van der Waals surface area contributed by atoms with E-state index >= 15 is 0 Å². The molecule has 24 heavy (non-hydrogen) atoms. The second-order valence-electron chi connectivity index (χ2n) is 5.95. The van der Waals surface area contributed by atoms with Gasteiger partial charge in [-0.2, -0.15) is 0 Å². The molecule has 1 fully saturated rings. The molecule has 1 heterocycles. The van der Waals surface area contributed by atoms with E-state index in [1.54, 1.807) is 18.3 Å². The predicted molar refractivity (Wildman–Crippen MR) is 90.7 cm³/mol. The Hall–Kier alpha value is -2.40. The van der Waals surface area contributed by atoms with Gasteiger partial charge in [0.15, 0.2) is 0 Å². The van der Waals surface area contributed by atoms with Gasteiger partial charge in [0.2, 0.25) is 5.91 Å². The predicted octanol–water partition coefficient (Wildman–Crippen LogP) is 2.43. The zero-order valence-electron chi connectivity index (χ0n) is 13.7. The lowest BCUT2D eigenvalue weighted by atomic mass is 10.1. The van der Waals surface area contributed by atoms with Gasteiger partial charge in [0, 0.05) is 5.92 Å². The molecule has 2 N–H and O–H groups in total. The van der Waals surface area contributed by atoms with Crippen molar-refractivity contribution in [3.63, 3.8) is 0 Å². The highest BCUT2D eigenvalue weighted by atomic mass is 16.5. The maximum Gasteiger partial charge on any atom is 0.224 e. The molecule has 1 saturated carbocycles. The van der Waals surface area contributed by atoms with E-state index < -0.39 is 6.04 Å². The van der Waals surface area contributed by atoms with Crippen molar-refractivity contribution in [1.82, 2.24) is 10.3 Å². The fourth-order valence-corrected chi connectivity index (χ4v) is 2.90. The molecule has 1 amide bonds. The highest BCUT2D eigenvalue weighted by Gasteiger charge is 2.44. The van der Waals surface area contributed by atoms with E-state index in [9.17, 15) is 9.90 Å². The highest BCUT2D eigenvalue weighted by Crippen LogP contribution is 2.47. The van der Waals surface area contributed by atoms with Gasteiger partial charge >= 0.3 is 0 Å². The van der Waals surface area contributed by atoms with Crippen molar-refractivity contribution in [2.45, 2.75) is 25.3 Å². The minimum atomic E-state index is -0.495. The average Bonchev–Trinajstić information content (AvgIpc) is 3.42. The maximum atomic E-state index is 12.4. The Labute approximate surface area is 141 Å². The van der Waals surface area contributed by atoms with Crippen LogP contribution >= 0.6 is 0 Å². The van der Waals surface area contributed by atoms with E-state index in [2.05, 4.69) is 22.4 Å². The number of nitrogens with zero attached hydrogens (tertiary/aromatic N) is 1. The molecular formula is C19H22N2O3. The summed E-state index contributed by atoms with van der Waals surface area (Å²) in [5, 5.41) is 12.5. The second-order valence-corrected chi connectivity index (χ2v) is 5.95. The maximum absolute atomic E-state index is 12.4. The Bertz CT molecular complexity index is 673. The molecule has 1 aliphatic rings. The fourth-order valence-electron chi connectivity index (χ4n) is 2.90. The molecule has 0 aliphatic heterocycles. The first-order valence-corrected chi connectivity index (χ1v) is 8.27. The first-order chi connectivity index (χ1) is 11.7. The smallest absolute Gasteiger partial charge is 0.224 e. The Morgan fingerprint density at radius 2 is 2.12 bits per heavy atom. The highest BCUT2D eigenvalue weighted by molar-refractivity contribution is 5.83. The molecule has 1 aromatic carbocycles. The SMILES string of the molecule is CCOc1ccc([C@H](CO)NC(=O)[C@H]2C[C@@H]2c2ccccc2)nc1. The minimum Gasteiger partial charge on any atom is -0.492 e. The van der Waals surface area contributed by atoms with Gasteiger partial charge in [0.05, 0.1) is 31.1 Å². The minimum absolute atomic E-state index is 0.0239. The molecule has 126 valence electrons. The number of carbonyl (C=O) groups excluding carboxylic acids is 1. The third-order valence-corrected chi connectivity index (χ3v) is 4.28. The van der Waals surface area contributed by atoms with E-state index in [4.69, 9.17) is 4.74 Å². The van der Waals surface area contributed by atoms with Crippen molar-refractivity contribution >= 4 is 5.91 Å². The monoisotopic (exact) mass is 326 g/mol. The van der Waals surface area contributed by atoms with Crippen molar-refractivity contribution in [2.24, 2.45) is 5.92 Å². The van der Waals surface area contributed by atoms with Crippen LogP contribution < -0.4 is 10.1 Å². The van der Waals surface area contributed by atoms with Gasteiger partial charge < -0.3 is 15.2 Å². The lowest BCUT2D eigenvalue weighted by molar-refractivity contribution is -0.123. The number of aliphatic hydroxyl groups excluding tert-OH is 1. The number of benzene rings is 1. The molecule has 5 heteroatoms. The van der Waals surface area contributed by atoms with Crippen LogP contribution in [0.3, 0.4) is 0 Å². The van der Waals surface area contributed by atoms with Crippen LogP contribution in [0.15, 0.2) is 48.7 Å². The molecule has 1 aromatic heterocycles.